The normalized spacial score (nSPS) is 23.9. The van der Waals surface area contributed by atoms with Crippen LogP contribution in [0, 0.1) is 5.92 Å². The molecule has 82 valence electrons. The van der Waals surface area contributed by atoms with Gasteiger partial charge in [-0.1, -0.05) is 25.1 Å². The van der Waals surface area contributed by atoms with Crippen molar-refractivity contribution in [3.63, 3.8) is 0 Å². The number of nitrogens with zero attached hydrogens (tertiary/aromatic N) is 2. The van der Waals surface area contributed by atoms with E-state index < -0.39 is 0 Å². The Hall–Kier alpha value is -0.970. The van der Waals surface area contributed by atoms with Crippen molar-refractivity contribution in [1.29, 1.82) is 0 Å². The lowest BCUT2D eigenvalue weighted by Crippen LogP contribution is -2.08. The maximum absolute atomic E-state index is 5.69. The number of nitrogens with one attached hydrogen (secondary N) is 1. The maximum Gasteiger partial charge on any atom is 0.191 e. The highest BCUT2D eigenvalue weighted by atomic mass is 32.2. The Morgan fingerprint density at radius 3 is 3.00 bits per heavy atom. The van der Waals surface area contributed by atoms with Gasteiger partial charge >= 0.3 is 0 Å². The molecule has 3 N–H and O–H groups in total. The molecule has 4 nitrogen and oxygen atoms in total. The Labute approximate surface area is 94.1 Å². The van der Waals surface area contributed by atoms with Crippen molar-refractivity contribution in [3.05, 3.63) is 6.07 Å². The summed E-state index contributed by atoms with van der Waals surface area (Å²) in [4.78, 5) is 8.47. The van der Waals surface area contributed by atoms with E-state index in [1.54, 1.807) is 6.07 Å². The quantitative estimate of drug-likeness (QED) is 0.605. The molecule has 0 aliphatic heterocycles. The van der Waals surface area contributed by atoms with E-state index >= 15 is 0 Å². The molecular formula is C10H16N4S. The van der Waals surface area contributed by atoms with Gasteiger partial charge in [0.15, 0.2) is 5.16 Å². The van der Waals surface area contributed by atoms with Crippen LogP contribution in [-0.4, -0.2) is 22.3 Å². The van der Waals surface area contributed by atoms with Gasteiger partial charge in [0.25, 0.3) is 0 Å². The summed E-state index contributed by atoms with van der Waals surface area (Å²) in [6.45, 7) is 2.22. The van der Waals surface area contributed by atoms with Crippen LogP contribution in [0.4, 0.5) is 11.6 Å². The van der Waals surface area contributed by atoms with Crippen LogP contribution >= 0.6 is 11.8 Å². The third kappa shape index (κ3) is 2.53. The highest BCUT2D eigenvalue weighted by Crippen LogP contribution is 2.35. The Balaban J connectivity index is 2.05. The molecule has 0 spiro atoms. The van der Waals surface area contributed by atoms with E-state index in [4.69, 9.17) is 5.73 Å². The lowest BCUT2D eigenvalue weighted by atomic mass is 10.3. The standard InChI is InChI=1S/C10H16N4S/c1-3-6-4-7(6)12-9-5-8(11)13-10(14-9)15-2/h5-7H,3-4H2,1-2H3,(H3,11,12,13,14). The molecule has 2 rings (SSSR count). The summed E-state index contributed by atoms with van der Waals surface area (Å²) >= 11 is 1.51. The molecule has 2 atom stereocenters. The molecule has 0 aromatic carbocycles. The molecule has 0 bridgehead atoms. The van der Waals surface area contributed by atoms with Gasteiger partial charge in [-0.2, -0.15) is 0 Å². The third-order valence-electron chi connectivity index (χ3n) is 2.69. The fourth-order valence-corrected chi connectivity index (χ4v) is 2.06. The minimum absolute atomic E-state index is 0.533. The predicted molar refractivity (Wildman–Crippen MR) is 64.0 cm³/mol. The molecule has 1 heterocycles. The van der Waals surface area contributed by atoms with Gasteiger partial charge < -0.3 is 11.1 Å². The lowest BCUT2D eigenvalue weighted by molar-refractivity contribution is 0.772. The molecule has 1 fully saturated rings. The number of rotatable bonds is 4. The molecule has 1 aliphatic rings. The van der Waals surface area contributed by atoms with Gasteiger partial charge in [-0.25, -0.2) is 9.97 Å². The predicted octanol–water partition coefficient (Wildman–Crippen LogP) is 1.99. The van der Waals surface area contributed by atoms with Crippen molar-refractivity contribution < 1.29 is 0 Å². The Kier molecular flexibility index (Phi) is 3.00. The molecular weight excluding hydrogens is 208 g/mol. The lowest BCUT2D eigenvalue weighted by Gasteiger charge is -2.06. The van der Waals surface area contributed by atoms with E-state index in [9.17, 15) is 0 Å². The van der Waals surface area contributed by atoms with Crippen molar-refractivity contribution in [2.45, 2.75) is 31.0 Å². The third-order valence-corrected chi connectivity index (χ3v) is 3.24. The first kappa shape index (κ1) is 10.5. The first-order valence-corrected chi connectivity index (χ1v) is 6.40. The number of nitrogen functional groups attached to an aromatic ring is 1. The highest BCUT2D eigenvalue weighted by molar-refractivity contribution is 7.98. The van der Waals surface area contributed by atoms with Crippen LogP contribution in [0.1, 0.15) is 19.8 Å². The van der Waals surface area contributed by atoms with Crippen LogP contribution in [0.5, 0.6) is 0 Å². The number of hydrogen-bond donors (Lipinski definition) is 2. The molecule has 0 radical (unpaired) electrons. The van der Waals surface area contributed by atoms with Crippen molar-refractivity contribution in [2.75, 3.05) is 17.3 Å². The minimum atomic E-state index is 0.533. The number of hydrogen-bond acceptors (Lipinski definition) is 5. The number of nitrogens with two attached hydrogens (primary N) is 1. The molecule has 15 heavy (non-hydrogen) atoms. The largest absolute Gasteiger partial charge is 0.383 e. The molecule has 0 saturated heterocycles. The van der Waals surface area contributed by atoms with Crippen molar-refractivity contribution in [3.8, 4) is 0 Å². The summed E-state index contributed by atoms with van der Waals surface area (Å²) in [5.41, 5.74) is 5.69. The van der Waals surface area contributed by atoms with Crippen LogP contribution in [0.15, 0.2) is 11.2 Å². The number of aromatic nitrogens is 2. The minimum Gasteiger partial charge on any atom is -0.383 e. The van der Waals surface area contributed by atoms with Gasteiger partial charge in [0.2, 0.25) is 0 Å². The van der Waals surface area contributed by atoms with E-state index in [-0.39, 0.29) is 0 Å². The SMILES string of the molecule is CCC1CC1Nc1cc(N)nc(SC)n1. The van der Waals surface area contributed by atoms with Gasteiger partial charge in [-0.15, -0.1) is 0 Å². The molecule has 1 aliphatic carbocycles. The second-order valence-electron chi connectivity index (χ2n) is 3.82. The first-order chi connectivity index (χ1) is 7.22. The van der Waals surface area contributed by atoms with Crippen molar-refractivity contribution in [1.82, 2.24) is 9.97 Å². The molecule has 1 saturated carbocycles. The molecule has 1 aromatic heterocycles. The van der Waals surface area contributed by atoms with Gasteiger partial charge in [-0.3, -0.25) is 0 Å². The summed E-state index contributed by atoms with van der Waals surface area (Å²) in [6.07, 6.45) is 4.42. The van der Waals surface area contributed by atoms with Gasteiger partial charge in [0, 0.05) is 12.1 Å². The van der Waals surface area contributed by atoms with Crippen LogP contribution in [0.3, 0.4) is 0 Å². The van der Waals surface area contributed by atoms with Gasteiger partial charge in [0.1, 0.15) is 11.6 Å². The molecule has 5 heteroatoms. The molecule has 1 aromatic rings. The van der Waals surface area contributed by atoms with Crippen molar-refractivity contribution in [2.24, 2.45) is 5.92 Å². The Morgan fingerprint density at radius 2 is 2.40 bits per heavy atom. The average molecular weight is 224 g/mol. The highest BCUT2D eigenvalue weighted by Gasteiger charge is 2.35. The molecule has 0 amide bonds. The van der Waals surface area contributed by atoms with Crippen LogP contribution in [-0.2, 0) is 0 Å². The zero-order valence-corrected chi connectivity index (χ0v) is 9.84. The Morgan fingerprint density at radius 1 is 1.60 bits per heavy atom. The topological polar surface area (TPSA) is 63.8 Å². The van der Waals surface area contributed by atoms with Gasteiger partial charge in [0.05, 0.1) is 0 Å². The summed E-state index contributed by atoms with van der Waals surface area (Å²) < 4.78 is 0. The fourth-order valence-electron chi connectivity index (χ4n) is 1.67. The summed E-state index contributed by atoms with van der Waals surface area (Å²) in [5.74, 6) is 2.19. The van der Waals surface area contributed by atoms with E-state index in [2.05, 4.69) is 22.2 Å². The maximum atomic E-state index is 5.69. The van der Waals surface area contributed by atoms with Crippen LogP contribution in [0.25, 0.3) is 0 Å². The average Bonchev–Trinajstić information content (AvgIpc) is 2.95. The second kappa shape index (κ2) is 4.26. The van der Waals surface area contributed by atoms with E-state index in [0.717, 1.165) is 16.9 Å². The number of thioether (sulfide) groups is 1. The fraction of sp³-hybridized carbons (Fsp3) is 0.600. The zero-order valence-electron chi connectivity index (χ0n) is 9.03. The summed E-state index contributed by atoms with van der Waals surface area (Å²) in [5, 5.41) is 4.12. The Bertz CT molecular complexity index is 355. The van der Waals surface area contributed by atoms with E-state index in [1.807, 2.05) is 6.26 Å². The zero-order chi connectivity index (χ0) is 10.8. The van der Waals surface area contributed by atoms with Crippen LogP contribution in [0.2, 0.25) is 0 Å². The smallest absolute Gasteiger partial charge is 0.191 e. The summed E-state index contributed by atoms with van der Waals surface area (Å²) in [6, 6.07) is 2.38. The van der Waals surface area contributed by atoms with Gasteiger partial charge in [-0.05, 0) is 18.6 Å². The monoisotopic (exact) mass is 224 g/mol. The van der Waals surface area contributed by atoms with Crippen LogP contribution < -0.4 is 11.1 Å². The van der Waals surface area contributed by atoms with E-state index in [0.29, 0.717) is 11.9 Å². The van der Waals surface area contributed by atoms with E-state index in [1.165, 1.54) is 24.6 Å². The first-order valence-electron chi connectivity index (χ1n) is 5.18. The molecule has 2 unspecified atom stereocenters. The number of anilines is 2. The summed E-state index contributed by atoms with van der Waals surface area (Å²) in [7, 11) is 0. The van der Waals surface area contributed by atoms with Crippen molar-refractivity contribution >= 4 is 23.4 Å². The second-order valence-corrected chi connectivity index (χ2v) is 4.59.